The van der Waals surface area contributed by atoms with E-state index < -0.39 is 8.32 Å². The molecule has 2 aromatic rings. The molecule has 2 aromatic carbocycles. The van der Waals surface area contributed by atoms with Gasteiger partial charge in [-0.2, -0.15) is 0 Å². The highest BCUT2D eigenvalue weighted by atomic mass is 35.5. The third-order valence-corrected chi connectivity index (χ3v) is 4.65. The summed E-state index contributed by atoms with van der Waals surface area (Å²) in [4.78, 5) is 0. The third-order valence-electron chi connectivity index (χ3n) is 3.56. The minimum Gasteiger partial charge on any atom is -0.544 e. The van der Waals surface area contributed by atoms with Crippen LogP contribution >= 0.6 is 11.6 Å². The van der Waals surface area contributed by atoms with Gasteiger partial charge in [0.2, 0.25) is 8.32 Å². The van der Waals surface area contributed by atoms with E-state index in [1.54, 1.807) is 0 Å². The fourth-order valence-electron chi connectivity index (χ4n) is 2.46. The summed E-state index contributed by atoms with van der Waals surface area (Å²) in [6.45, 7) is 8.85. The van der Waals surface area contributed by atoms with Gasteiger partial charge >= 0.3 is 0 Å². The molecule has 2 rings (SSSR count). The van der Waals surface area contributed by atoms with Crippen molar-refractivity contribution in [1.29, 1.82) is 0 Å². The van der Waals surface area contributed by atoms with E-state index in [1.165, 1.54) is 5.56 Å². The smallest absolute Gasteiger partial charge is 0.242 e. The predicted molar refractivity (Wildman–Crippen MR) is 103 cm³/mol. The molecule has 0 fully saturated rings. The van der Waals surface area contributed by atoms with E-state index in [-0.39, 0.29) is 0 Å². The molecule has 0 unspecified atom stereocenters. The lowest BCUT2D eigenvalue weighted by atomic mass is 9.95. The van der Waals surface area contributed by atoms with Gasteiger partial charge in [0.05, 0.1) is 0 Å². The summed E-state index contributed by atoms with van der Waals surface area (Å²) < 4.78 is 6.38. The Morgan fingerprint density at radius 3 is 2.17 bits per heavy atom. The molecule has 122 valence electrons. The number of benzene rings is 2. The molecule has 0 aliphatic heterocycles. The Labute approximate surface area is 146 Å². The van der Waals surface area contributed by atoms with Crippen LogP contribution in [-0.4, -0.2) is 8.32 Å². The number of hydrogen-bond acceptors (Lipinski definition) is 1. The molecule has 23 heavy (non-hydrogen) atoms. The molecule has 0 N–H and O–H groups in total. The minimum absolute atomic E-state index is 0.318. The van der Waals surface area contributed by atoms with Crippen molar-refractivity contribution < 1.29 is 4.43 Å². The maximum atomic E-state index is 6.38. The molecular formula is C20H25ClOSi. The Morgan fingerprint density at radius 1 is 1.04 bits per heavy atom. The number of halogens is 1. The first kappa shape index (κ1) is 17.8. The Kier molecular flexibility index (Phi) is 6.08. The molecule has 0 bridgehead atoms. The van der Waals surface area contributed by atoms with Crippen molar-refractivity contribution in [3.8, 4) is 0 Å². The number of rotatable bonds is 6. The summed E-state index contributed by atoms with van der Waals surface area (Å²) in [6.07, 6.45) is 3.28. The van der Waals surface area contributed by atoms with Crippen LogP contribution < -0.4 is 0 Å². The molecule has 0 spiro atoms. The largest absolute Gasteiger partial charge is 0.544 e. The van der Waals surface area contributed by atoms with Crippen molar-refractivity contribution in [1.82, 2.24) is 0 Å². The van der Waals surface area contributed by atoms with E-state index >= 15 is 0 Å². The zero-order valence-corrected chi connectivity index (χ0v) is 16.1. The highest BCUT2D eigenvalue weighted by Gasteiger charge is 2.20. The molecule has 1 nitrogen and oxygen atoms in total. The summed E-state index contributed by atoms with van der Waals surface area (Å²) in [5.74, 6) is 1.31. The average Bonchev–Trinajstić information content (AvgIpc) is 2.52. The highest BCUT2D eigenvalue weighted by Crippen LogP contribution is 2.29. The molecule has 0 radical (unpaired) electrons. The Hall–Kier alpha value is -1.51. The first-order chi connectivity index (χ1) is 10.9. The van der Waals surface area contributed by atoms with Crippen LogP contribution in [0.3, 0.4) is 0 Å². The fourth-order valence-corrected chi connectivity index (χ4v) is 3.44. The molecule has 3 heteroatoms. The second-order valence-electron chi connectivity index (χ2n) is 6.68. The zero-order valence-electron chi connectivity index (χ0n) is 14.3. The molecule has 0 saturated heterocycles. The first-order valence-electron chi connectivity index (χ1n) is 8.11. The summed E-state index contributed by atoms with van der Waals surface area (Å²) in [6, 6.07) is 18.5. The van der Waals surface area contributed by atoms with E-state index in [1.807, 2.05) is 18.2 Å². The number of allylic oxidation sites excluding steroid dienone is 1. The SMILES string of the molecule is CC[C@H](/C=C(\O[Si](C)(C)C)c1ccccc1)c1ccc(Cl)cc1. The Balaban J connectivity index is 2.39. The van der Waals surface area contributed by atoms with Gasteiger partial charge in [0.15, 0.2) is 0 Å². The van der Waals surface area contributed by atoms with Crippen LogP contribution in [0.2, 0.25) is 24.7 Å². The van der Waals surface area contributed by atoms with E-state index in [9.17, 15) is 0 Å². The van der Waals surface area contributed by atoms with Crippen molar-refractivity contribution in [2.45, 2.75) is 38.9 Å². The van der Waals surface area contributed by atoms with E-state index in [0.717, 1.165) is 22.8 Å². The van der Waals surface area contributed by atoms with Gasteiger partial charge in [-0.1, -0.05) is 61.0 Å². The van der Waals surface area contributed by atoms with Crippen molar-refractivity contribution >= 4 is 25.7 Å². The van der Waals surface area contributed by atoms with Crippen LogP contribution in [-0.2, 0) is 4.43 Å². The van der Waals surface area contributed by atoms with Crippen molar-refractivity contribution in [3.05, 3.63) is 76.8 Å². The molecule has 0 amide bonds. The first-order valence-corrected chi connectivity index (χ1v) is 11.9. The lowest BCUT2D eigenvalue weighted by Gasteiger charge is -2.24. The van der Waals surface area contributed by atoms with Crippen LogP contribution in [0.15, 0.2) is 60.7 Å². The van der Waals surface area contributed by atoms with E-state index in [0.29, 0.717) is 5.92 Å². The lowest BCUT2D eigenvalue weighted by Crippen LogP contribution is -2.24. The van der Waals surface area contributed by atoms with Crippen molar-refractivity contribution in [3.63, 3.8) is 0 Å². The lowest BCUT2D eigenvalue weighted by molar-refractivity contribution is 0.510. The van der Waals surface area contributed by atoms with E-state index in [4.69, 9.17) is 16.0 Å². The molecule has 1 atom stereocenters. The molecule has 0 heterocycles. The monoisotopic (exact) mass is 344 g/mol. The maximum Gasteiger partial charge on any atom is 0.242 e. The molecule has 0 aliphatic carbocycles. The molecular weight excluding hydrogens is 320 g/mol. The second kappa shape index (κ2) is 7.85. The quantitative estimate of drug-likeness (QED) is 0.417. The third kappa shape index (κ3) is 5.56. The van der Waals surface area contributed by atoms with Gasteiger partial charge in [0, 0.05) is 16.5 Å². The predicted octanol–water partition coefficient (Wildman–Crippen LogP) is 6.73. The summed E-state index contributed by atoms with van der Waals surface area (Å²) in [5, 5.41) is 0.772. The topological polar surface area (TPSA) is 9.23 Å². The van der Waals surface area contributed by atoms with Gasteiger partial charge in [0.25, 0.3) is 0 Å². The van der Waals surface area contributed by atoms with E-state index in [2.05, 4.69) is 69.0 Å². The molecule has 0 saturated carbocycles. The van der Waals surface area contributed by atoms with Crippen LogP contribution in [0.25, 0.3) is 5.76 Å². The van der Waals surface area contributed by atoms with Crippen molar-refractivity contribution in [2.75, 3.05) is 0 Å². The Bertz CT molecular complexity index is 642. The fraction of sp³-hybridized carbons (Fsp3) is 0.300. The van der Waals surface area contributed by atoms with Crippen LogP contribution in [0.4, 0.5) is 0 Å². The second-order valence-corrected chi connectivity index (χ2v) is 11.5. The average molecular weight is 345 g/mol. The van der Waals surface area contributed by atoms with Crippen LogP contribution in [0.5, 0.6) is 0 Å². The van der Waals surface area contributed by atoms with Crippen molar-refractivity contribution in [2.24, 2.45) is 0 Å². The summed E-state index contributed by atoms with van der Waals surface area (Å²) in [7, 11) is -1.68. The van der Waals surface area contributed by atoms with Gasteiger partial charge in [-0.25, -0.2) is 0 Å². The van der Waals surface area contributed by atoms with Gasteiger partial charge in [-0.15, -0.1) is 0 Å². The highest BCUT2D eigenvalue weighted by molar-refractivity contribution is 6.70. The van der Waals surface area contributed by atoms with Crippen LogP contribution in [0.1, 0.15) is 30.4 Å². The van der Waals surface area contributed by atoms with Gasteiger partial charge in [-0.3, -0.25) is 0 Å². The maximum absolute atomic E-state index is 6.38. The van der Waals surface area contributed by atoms with Gasteiger partial charge in [-0.05, 0) is 49.8 Å². The zero-order chi connectivity index (χ0) is 16.9. The molecule has 0 aromatic heterocycles. The Morgan fingerprint density at radius 2 is 1.65 bits per heavy atom. The normalized spacial score (nSPS) is 13.7. The van der Waals surface area contributed by atoms with Gasteiger partial charge < -0.3 is 4.43 Å². The standard InChI is InChI=1S/C20H25ClOSi/c1-5-16(17-11-13-19(21)14-12-17)15-20(22-23(2,3)4)18-9-7-6-8-10-18/h6-16H,5H2,1-4H3/b20-15-/t16-/m1/s1. The number of hydrogen-bond donors (Lipinski definition) is 0. The van der Waals surface area contributed by atoms with Crippen LogP contribution in [0, 0.1) is 0 Å². The summed E-state index contributed by atoms with van der Waals surface area (Å²) >= 11 is 6.01. The minimum atomic E-state index is -1.68. The summed E-state index contributed by atoms with van der Waals surface area (Å²) in [5.41, 5.74) is 2.41. The van der Waals surface area contributed by atoms with Gasteiger partial charge in [0.1, 0.15) is 5.76 Å². The molecule has 0 aliphatic rings.